The maximum Gasteiger partial charge on any atom is 0.410 e. The topological polar surface area (TPSA) is 114 Å². The summed E-state index contributed by atoms with van der Waals surface area (Å²) >= 11 is 0. The van der Waals surface area contributed by atoms with E-state index >= 15 is 0 Å². The Morgan fingerprint density at radius 3 is 2.33 bits per heavy atom. The van der Waals surface area contributed by atoms with Crippen LogP contribution in [0.3, 0.4) is 0 Å². The summed E-state index contributed by atoms with van der Waals surface area (Å²) in [6.07, 6.45) is 5.83. The van der Waals surface area contributed by atoms with E-state index in [4.69, 9.17) is 4.74 Å². The molecule has 190 valence electrons. The number of anilines is 1. The van der Waals surface area contributed by atoms with Crippen LogP contribution in [-0.4, -0.2) is 74.0 Å². The molecule has 1 fully saturated rings. The standard InChI is InChI=1S/C26H32N6O4/c1-26(2,3)36-25(35)31-15-13-30(14-16-31)23-24(34)32(18-20(29-23)6-4-17-33)21-9-7-19(8-10-21)22-27-11-5-12-28-22/h5,7-12,18,33H,4,6,13-17H2,1-3H3. The molecule has 0 saturated carbocycles. The van der Waals surface area contributed by atoms with Gasteiger partial charge in [0.25, 0.3) is 5.56 Å². The molecule has 36 heavy (non-hydrogen) atoms. The zero-order chi connectivity index (χ0) is 25.7. The van der Waals surface area contributed by atoms with E-state index in [0.29, 0.717) is 62.0 Å². The van der Waals surface area contributed by atoms with Crippen LogP contribution >= 0.6 is 0 Å². The van der Waals surface area contributed by atoms with E-state index in [9.17, 15) is 14.7 Å². The average Bonchev–Trinajstić information content (AvgIpc) is 2.88. The molecule has 0 spiro atoms. The highest BCUT2D eigenvalue weighted by molar-refractivity contribution is 5.68. The van der Waals surface area contributed by atoms with Crippen molar-refractivity contribution in [1.82, 2.24) is 24.4 Å². The Hall–Kier alpha value is -3.79. The van der Waals surface area contributed by atoms with Gasteiger partial charge in [0.1, 0.15) is 5.60 Å². The summed E-state index contributed by atoms with van der Waals surface area (Å²) in [5.41, 5.74) is 1.45. The number of nitrogens with zero attached hydrogens (tertiary/aromatic N) is 6. The SMILES string of the molecule is CC(C)(C)OC(=O)N1CCN(c2nc(CCCO)cn(-c3ccc(-c4ncccn4)cc3)c2=O)CC1. The summed E-state index contributed by atoms with van der Waals surface area (Å²) in [4.78, 5) is 42.7. The molecule has 1 aromatic carbocycles. The first kappa shape index (κ1) is 25.3. The normalized spacial score (nSPS) is 14.1. The minimum Gasteiger partial charge on any atom is -0.444 e. The molecule has 1 N–H and O–H groups in total. The monoisotopic (exact) mass is 492 g/mol. The zero-order valence-electron chi connectivity index (χ0n) is 20.9. The van der Waals surface area contributed by atoms with Gasteiger partial charge >= 0.3 is 6.09 Å². The van der Waals surface area contributed by atoms with E-state index in [-0.39, 0.29) is 18.3 Å². The lowest BCUT2D eigenvalue weighted by molar-refractivity contribution is 0.0240. The highest BCUT2D eigenvalue weighted by atomic mass is 16.6. The number of aromatic nitrogens is 4. The van der Waals surface area contributed by atoms with Crippen molar-refractivity contribution in [2.45, 2.75) is 39.2 Å². The Morgan fingerprint density at radius 2 is 1.72 bits per heavy atom. The summed E-state index contributed by atoms with van der Waals surface area (Å²) in [6.45, 7) is 7.35. The summed E-state index contributed by atoms with van der Waals surface area (Å²) in [5, 5.41) is 9.32. The van der Waals surface area contributed by atoms with Gasteiger partial charge in [-0.2, -0.15) is 0 Å². The van der Waals surface area contributed by atoms with E-state index in [1.165, 1.54) is 0 Å². The number of ether oxygens (including phenoxy) is 1. The van der Waals surface area contributed by atoms with Crippen molar-refractivity contribution in [3.63, 3.8) is 0 Å². The quantitative estimate of drug-likeness (QED) is 0.559. The van der Waals surface area contributed by atoms with Crippen molar-refractivity contribution in [1.29, 1.82) is 0 Å². The second-order valence-corrected chi connectivity index (χ2v) is 9.63. The van der Waals surface area contributed by atoms with Crippen LogP contribution < -0.4 is 10.5 Å². The number of amides is 1. The van der Waals surface area contributed by atoms with Crippen LogP contribution in [0.25, 0.3) is 17.1 Å². The third kappa shape index (κ3) is 6.06. The molecule has 0 radical (unpaired) electrons. The maximum atomic E-state index is 13.5. The Morgan fingerprint density at radius 1 is 1.06 bits per heavy atom. The maximum absolute atomic E-state index is 13.5. The number of carbonyl (C=O) groups is 1. The fraction of sp³-hybridized carbons (Fsp3) is 0.423. The van der Waals surface area contributed by atoms with Gasteiger partial charge in [0.05, 0.1) is 5.69 Å². The third-order valence-corrected chi connectivity index (χ3v) is 5.73. The van der Waals surface area contributed by atoms with E-state index in [1.807, 2.05) is 49.9 Å². The number of hydrogen-bond acceptors (Lipinski definition) is 8. The van der Waals surface area contributed by atoms with Crippen LogP contribution in [0.1, 0.15) is 32.9 Å². The van der Waals surface area contributed by atoms with E-state index in [2.05, 4.69) is 15.0 Å². The van der Waals surface area contributed by atoms with Crippen LogP contribution in [0.15, 0.2) is 53.7 Å². The second-order valence-electron chi connectivity index (χ2n) is 9.63. The van der Waals surface area contributed by atoms with Crippen molar-refractivity contribution >= 4 is 11.9 Å². The van der Waals surface area contributed by atoms with Crippen LogP contribution in [0.4, 0.5) is 10.6 Å². The molecule has 1 amide bonds. The van der Waals surface area contributed by atoms with Crippen LogP contribution in [0.2, 0.25) is 0 Å². The Balaban J connectivity index is 1.59. The van der Waals surface area contributed by atoms with Crippen molar-refractivity contribution in [2.24, 2.45) is 0 Å². The third-order valence-electron chi connectivity index (χ3n) is 5.73. The van der Waals surface area contributed by atoms with Crippen molar-refractivity contribution < 1.29 is 14.6 Å². The smallest absolute Gasteiger partial charge is 0.410 e. The van der Waals surface area contributed by atoms with Crippen LogP contribution in [0, 0.1) is 0 Å². The molecule has 3 aromatic rings. The van der Waals surface area contributed by atoms with E-state index < -0.39 is 5.60 Å². The van der Waals surface area contributed by atoms with Crippen molar-refractivity contribution in [3.05, 3.63) is 65.0 Å². The summed E-state index contributed by atoms with van der Waals surface area (Å²) in [6, 6.07) is 9.23. The summed E-state index contributed by atoms with van der Waals surface area (Å²) < 4.78 is 7.07. The fourth-order valence-corrected chi connectivity index (χ4v) is 3.95. The minimum atomic E-state index is -0.563. The first-order valence-electron chi connectivity index (χ1n) is 12.1. The molecule has 0 aliphatic carbocycles. The Labute approximate surface area is 210 Å². The lowest BCUT2D eigenvalue weighted by Gasteiger charge is -2.36. The van der Waals surface area contributed by atoms with Gasteiger partial charge in [0, 0.05) is 62.6 Å². The minimum absolute atomic E-state index is 0.0382. The molecule has 2 aromatic heterocycles. The molecule has 1 saturated heterocycles. The number of aliphatic hydroxyl groups excluding tert-OH is 1. The molecule has 1 aliphatic heterocycles. The zero-order valence-corrected chi connectivity index (χ0v) is 20.9. The van der Waals surface area contributed by atoms with Crippen LogP contribution in [0.5, 0.6) is 0 Å². The molecule has 10 nitrogen and oxygen atoms in total. The number of carbonyl (C=O) groups excluding carboxylic acids is 1. The lowest BCUT2D eigenvalue weighted by Crippen LogP contribution is -2.51. The van der Waals surface area contributed by atoms with Gasteiger partial charge in [-0.3, -0.25) is 9.36 Å². The summed E-state index contributed by atoms with van der Waals surface area (Å²) in [5.74, 6) is 0.947. The number of benzene rings is 1. The van der Waals surface area contributed by atoms with Gasteiger partial charge in [0.15, 0.2) is 11.6 Å². The lowest BCUT2D eigenvalue weighted by atomic mass is 10.2. The van der Waals surface area contributed by atoms with E-state index in [0.717, 1.165) is 5.56 Å². The Bertz CT molecular complexity index is 1230. The summed E-state index contributed by atoms with van der Waals surface area (Å²) in [7, 11) is 0. The Kier molecular flexibility index (Phi) is 7.64. The molecular weight excluding hydrogens is 460 g/mol. The van der Waals surface area contributed by atoms with Crippen molar-refractivity contribution in [3.8, 4) is 17.1 Å². The molecule has 10 heteroatoms. The van der Waals surface area contributed by atoms with Gasteiger partial charge in [-0.25, -0.2) is 19.7 Å². The molecule has 4 rings (SSSR count). The molecule has 0 atom stereocenters. The molecule has 1 aliphatic rings. The van der Waals surface area contributed by atoms with Gasteiger partial charge in [-0.15, -0.1) is 0 Å². The number of rotatable bonds is 6. The number of aryl methyl sites for hydroxylation is 1. The molecule has 3 heterocycles. The molecular formula is C26H32N6O4. The van der Waals surface area contributed by atoms with Gasteiger partial charge in [0.2, 0.25) is 0 Å². The highest BCUT2D eigenvalue weighted by Gasteiger charge is 2.28. The first-order valence-corrected chi connectivity index (χ1v) is 12.1. The second kappa shape index (κ2) is 10.9. The highest BCUT2D eigenvalue weighted by Crippen LogP contribution is 2.19. The van der Waals surface area contributed by atoms with Gasteiger partial charge in [-0.1, -0.05) is 0 Å². The first-order chi connectivity index (χ1) is 17.2. The van der Waals surface area contributed by atoms with Crippen molar-refractivity contribution in [2.75, 3.05) is 37.7 Å². The average molecular weight is 493 g/mol. The predicted molar refractivity (Wildman–Crippen MR) is 136 cm³/mol. The number of piperazine rings is 1. The molecule has 0 bridgehead atoms. The van der Waals surface area contributed by atoms with E-state index in [1.54, 1.807) is 34.1 Å². The number of hydrogen-bond donors (Lipinski definition) is 1. The van der Waals surface area contributed by atoms with Gasteiger partial charge < -0.3 is 19.6 Å². The van der Waals surface area contributed by atoms with Crippen LogP contribution in [-0.2, 0) is 11.2 Å². The van der Waals surface area contributed by atoms with Gasteiger partial charge in [-0.05, 0) is 63.9 Å². The predicted octanol–water partition coefficient (Wildman–Crippen LogP) is 2.67. The largest absolute Gasteiger partial charge is 0.444 e. The number of aliphatic hydroxyl groups is 1. The molecule has 0 unspecified atom stereocenters. The fourth-order valence-electron chi connectivity index (χ4n) is 3.95.